The van der Waals surface area contributed by atoms with Gasteiger partial charge in [0.05, 0.1) is 39.4 Å². The molecule has 0 aliphatic rings. The summed E-state index contributed by atoms with van der Waals surface area (Å²) in [5.74, 6) is -0.314. The molecular weight excluding hydrogens is 467 g/mol. The molecule has 35 heavy (non-hydrogen) atoms. The van der Waals surface area contributed by atoms with Gasteiger partial charge < -0.3 is 10.3 Å². The van der Waals surface area contributed by atoms with E-state index in [0.717, 1.165) is 16.1 Å². The maximum absolute atomic E-state index is 15.9. The number of rotatable bonds is 5. The van der Waals surface area contributed by atoms with Gasteiger partial charge in [-0.15, -0.1) is 11.3 Å². The van der Waals surface area contributed by atoms with Gasteiger partial charge in [0.2, 0.25) is 5.91 Å². The Hall–Kier alpha value is -4.51. The number of aromatic amines is 2. The number of halogens is 1. The minimum Gasteiger partial charge on any atom is -0.336 e. The number of anilines is 1. The predicted molar refractivity (Wildman–Crippen MR) is 132 cm³/mol. The van der Waals surface area contributed by atoms with Crippen LogP contribution < -0.4 is 5.32 Å². The lowest BCUT2D eigenvalue weighted by Gasteiger charge is -2.07. The van der Waals surface area contributed by atoms with Gasteiger partial charge in [-0.1, -0.05) is 13.0 Å². The lowest BCUT2D eigenvalue weighted by molar-refractivity contribution is -0.115. The molecule has 1 amide bonds. The molecule has 0 aromatic carbocycles. The van der Waals surface area contributed by atoms with Crippen LogP contribution in [-0.2, 0) is 4.79 Å². The molecular formula is C24H17FN8OS. The van der Waals surface area contributed by atoms with Crippen LogP contribution in [0.1, 0.15) is 13.3 Å². The molecule has 6 aromatic rings. The monoisotopic (exact) mass is 484 g/mol. The van der Waals surface area contributed by atoms with E-state index in [-0.39, 0.29) is 17.0 Å². The number of fused-ring (bicyclic) bond motifs is 2. The van der Waals surface area contributed by atoms with Gasteiger partial charge in [0.15, 0.2) is 11.6 Å². The normalized spacial score (nSPS) is 11.4. The Bertz CT molecular complexity index is 1710. The summed E-state index contributed by atoms with van der Waals surface area (Å²) in [6, 6.07) is 7.39. The number of thiophene rings is 1. The molecule has 0 saturated heterocycles. The molecule has 11 heteroatoms. The first-order chi connectivity index (χ1) is 17.1. The number of hydrogen-bond donors (Lipinski definition) is 3. The average molecular weight is 485 g/mol. The zero-order valence-corrected chi connectivity index (χ0v) is 19.2. The van der Waals surface area contributed by atoms with Crippen LogP contribution in [0.2, 0.25) is 0 Å². The van der Waals surface area contributed by atoms with Crippen LogP contribution in [0.3, 0.4) is 0 Å². The first-order valence-corrected chi connectivity index (χ1v) is 11.7. The number of carbonyl (C=O) groups excluding carboxylic acids is 1. The number of imidazole rings is 1. The second-order valence-corrected chi connectivity index (χ2v) is 8.71. The quantitative estimate of drug-likeness (QED) is 0.310. The van der Waals surface area contributed by atoms with Crippen LogP contribution >= 0.6 is 11.3 Å². The maximum Gasteiger partial charge on any atom is 0.224 e. The molecule has 0 bridgehead atoms. The number of H-pyrrole nitrogens is 2. The molecule has 0 aliphatic heterocycles. The molecule has 6 aromatic heterocycles. The summed E-state index contributed by atoms with van der Waals surface area (Å²) in [5, 5.41) is 12.1. The Morgan fingerprint density at radius 2 is 2.03 bits per heavy atom. The molecule has 0 atom stereocenters. The van der Waals surface area contributed by atoms with Crippen molar-refractivity contribution in [1.29, 1.82) is 0 Å². The molecule has 6 rings (SSSR count). The van der Waals surface area contributed by atoms with Gasteiger partial charge >= 0.3 is 0 Å². The molecule has 0 fully saturated rings. The van der Waals surface area contributed by atoms with Gasteiger partial charge in [-0.2, -0.15) is 5.10 Å². The van der Waals surface area contributed by atoms with Gasteiger partial charge in [0.1, 0.15) is 22.6 Å². The number of carbonyl (C=O) groups is 1. The minimum absolute atomic E-state index is 0.0947. The molecule has 3 N–H and O–H groups in total. The second-order valence-electron chi connectivity index (χ2n) is 7.76. The number of nitrogens with one attached hydrogen (secondary N) is 3. The molecule has 0 aliphatic carbocycles. The average Bonchev–Trinajstić information content (AvgIpc) is 3.63. The SMILES string of the molecule is CCC(=O)Nc1cncc(-c2ncc3[nH]nc(-c4nc5c(-c6cccs6)nccc5[nH]4)c3c2F)c1. The van der Waals surface area contributed by atoms with Gasteiger partial charge in [-0.25, -0.2) is 9.37 Å². The highest BCUT2D eigenvalue weighted by Gasteiger charge is 2.21. The summed E-state index contributed by atoms with van der Waals surface area (Å²) in [4.78, 5) is 33.6. The third kappa shape index (κ3) is 3.62. The summed E-state index contributed by atoms with van der Waals surface area (Å²) in [7, 11) is 0. The fourth-order valence-corrected chi connectivity index (χ4v) is 4.60. The first-order valence-electron chi connectivity index (χ1n) is 10.8. The van der Waals surface area contributed by atoms with Crippen molar-refractivity contribution in [3.05, 3.63) is 60.3 Å². The van der Waals surface area contributed by atoms with Crippen LogP contribution in [0.4, 0.5) is 10.1 Å². The van der Waals surface area contributed by atoms with Crippen molar-refractivity contribution in [1.82, 2.24) is 35.1 Å². The van der Waals surface area contributed by atoms with Gasteiger partial charge in [-0.3, -0.25) is 24.8 Å². The van der Waals surface area contributed by atoms with E-state index < -0.39 is 5.82 Å². The molecule has 0 saturated carbocycles. The van der Waals surface area contributed by atoms with Crippen LogP contribution in [0.5, 0.6) is 0 Å². The van der Waals surface area contributed by atoms with E-state index in [0.29, 0.717) is 40.2 Å². The lowest BCUT2D eigenvalue weighted by atomic mass is 10.1. The van der Waals surface area contributed by atoms with E-state index in [1.807, 2.05) is 23.6 Å². The number of amides is 1. The Kier molecular flexibility index (Phi) is 5.03. The van der Waals surface area contributed by atoms with Gasteiger partial charge in [-0.05, 0) is 23.6 Å². The van der Waals surface area contributed by atoms with Crippen molar-refractivity contribution in [2.45, 2.75) is 13.3 Å². The van der Waals surface area contributed by atoms with Gasteiger partial charge in [0.25, 0.3) is 0 Å². The summed E-state index contributed by atoms with van der Waals surface area (Å²) in [5.41, 5.74) is 3.96. The van der Waals surface area contributed by atoms with Crippen molar-refractivity contribution >= 4 is 44.9 Å². The molecule has 0 unspecified atom stereocenters. The summed E-state index contributed by atoms with van der Waals surface area (Å²) in [6.45, 7) is 1.75. The molecule has 172 valence electrons. The number of pyridine rings is 3. The van der Waals surface area contributed by atoms with Crippen LogP contribution in [-0.4, -0.2) is 41.0 Å². The predicted octanol–water partition coefficient (Wildman–Crippen LogP) is 5.17. The van der Waals surface area contributed by atoms with E-state index in [2.05, 4.69) is 35.5 Å². The highest BCUT2D eigenvalue weighted by atomic mass is 32.1. The van der Waals surface area contributed by atoms with Crippen molar-refractivity contribution in [3.63, 3.8) is 0 Å². The minimum atomic E-state index is -0.566. The lowest BCUT2D eigenvalue weighted by Crippen LogP contribution is -2.09. The van der Waals surface area contributed by atoms with Crippen LogP contribution in [0.15, 0.2) is 54.4 Å². The van der Waals surface area contributed by atoms with Crippen LogP contribution in [0, 0.1) is 5.82 Å². The Balaban J connectivity index is 1.48. The highest BCUT2D eigenvalue weighted by molar-refractivity contribution is 7.13. The zero-order valence-electron chi connectivity index (χ0n) is 18.3. The second kappa shape index (κ2) is 8.37. The number of nitrogens with zero attached hydrogens (tertiary/aromatic N) is 5. The van der Waals surface area contributed by atoms with Crippen molar-refractivity contribution in [2.75, 3.05) is 5.32 Å². The number of hydrogen-bond acceptors (Lipinski definition) is 7. The van der Waals surface area contributed by atoms with E-state index in [1.54, 1.807) is 30.5 Å². The maximum atomic E-state index is 15.9. The van der Waals surface area contributed by atoms with E-state index in [4.69, 9.17) is 4.98 Å². The van der Waals surface area contributed by atoms with Crippen molar-refractivity contribution in [2.24, 2.45) is 0 Å². The fraction of sp³-hybridized carbons (Fsp3) is 0.0833. The first kappa shape index (κ1) is 21.1. The van der Waals surface area contributed by atoms with E-state index >= 15 is 4.39 Å². The smallest absolute Gasteiger partial charge is 0.224 e. The Morgan fingerprint density at radius 1 is 1.11 bits per heavy atom. The summed E-state index contributed by atoms with van der Waals surface area (Å²) < 4.78 is 15.9. The van der Waals surface area contributed by atoms with E-state index in [9.17, 15) is 4.79 Å². The third-order valence-corrected chi connectivity index (χ3v) is 6.42. The van der Waals surface area contributed by atoms with E-state index in [1.165, 1.54) is 18.6 Å². The Morgan fingerprint density at radius 3 is 2.86 bits per heavy atom. The highest BCUT2D eigenvalue weighted by Crippen LogP contribution is 2.34. The molecule has 9 nitrogen and oxygen atoms in total. The van der Waals surface area contributed by atoms with Crippen LogP contribution in [0.25, 0.3) is 55.3 Å². The summed E-state index contributed by atoms with van der Waals surface area (Å²) >= 11 is 1.57. The van der Waals surface area contributed by atoms with Crippen molar-refractivity contribution < 1.29 is 9.18 Å². The van der Waals surface area contributed by atoms with Gasteiger partial charge in [0, 0.05) is 24.4 Å². The largest absolute Gasteiger partial charge is 0.336 e. The molecule has 6 heterocycles. The molecule has 0 radical (unpaired) electrons. The zero-order chi connectivity index (χ0) is 23.9. The summed E-state index contributed by atoms with van der Waals surface area (Å²) in [6.07, 6.45) is 6.55. The Labute approximate surface area is 201 Å². The third-order valence-electron chi connectivity index (χ3n) is 5.54. The molecule has 0 spiro atoms. The standard InChI is InChI=1S/C24H17FN8OS/c1-2-17(34)29-13-8-12(9-26-10-13)20-19(25)18-15(11-28-20)32-33-23(18)24-30-14-5-6-27-22(21(14)31-24)16-4-3-7-35-16/h3-11H,2H2,1H3,(H,29,34)(H,30,31)(H,32,33). The topological polar surface area (TPSA) is 125 Å². The number of aromatic nitrogens is 7. The fourth-order valence-electron chi connectivity index (χ4n) is 3.88. The van der Waals surface area contributed by atoms with Crippen molar-refractivity contribution in [3.8, 4) is 33.3 Å².